The fourth-order valence-corrected chi connectivity index (χ4v) is 4.11. The van der Waals surface area contributed by atoms with Gasteiger partial charge in [0.25, 0.3) is 11.5 Å². The number of nitro groups is 1. The Kier molecular flexibility index (Phi) is 9.55. The van der Waals surface area contributed by atoms with Gasteiger partial charge in [-0.3, -0.25) is 10.1 Å². The van der Waals surface area contributed by atoms with Crippen molar-refractivity contribution < 1.29 is 74.6 Å². The second-order valence-electron chi connectivity index (χ2n) is 8.80. The monoisotopic (exact) mass is 551 g/mol. The first kappa shape index (κ1) is 30.0. The van der Waals surface area contributed by atoms with E-state index < -0.39 is 97.5 Å². The van der Waals surface area contributed by atoms with Gasteiger partial charge < -0.3 is 64.9 Å². The van der Waals surface area contributed by atoms with Gasteiger partial charge >= 0.3 is 5.97 Å². The van der Waals surface area contributed by atoms with Crippen LogP contribution in [0, 0.1) is 10.1 Å². The molecule has 9 N–H and O–H groups in total. The fourth-order valence-electron chi connectivity index (χ4n) is 4.11. The molecule has 17 heteroatoms. The smallest absolute Gasteiger partial charge is 0.364 e. The molecule has 2 aliphatic heterocycles. The third-order valence-corrected chi connectivity index (χ3v) is 6.23. The van der Waals surface area contributed by atoms with Crippen molar-refractivity contribution >= 4 is 11.7 Å². The molecule has 0 aromatic heterocycles. The van der Waals surface area contributed by atoms with Crippen LogP contribution in [0.1, 0.15) is 6.42 Å². The summed E-state index contributed by atoms with van der Waals surface area (Å²) >= 11 is 0. The van der Waals surface area contributed by atoms with E-state index in [1.807, 2.05) is 0 Å². The molecule has 11 atom stereocenters. The van der Waals surface area contributed by atoms with E-state index in [-0.39, 0.29) is 11.4 Å². The Morgan fingerprint density at radius 1 is 1.11 bits per heavy atom. The zero-order valence-corrected chi connectivity index (χ0v) is 19.5. The molecule has 2 fully saturated rings. The Balaban J connectivity index is 1.89. The molecule has 3 rings (SSSR count). The van der Waals surface area contributed by atoms with E-state index in [9.17, 15) is 55.8 Å². The maximum Gasteiger partial charge on any atom is 0.364 e. The molecule has 0 aliphatic carbocycles. The van der Waals surface area contributed by atoms with E-state index in [1.165, 1.54) is 12.1 Å². The van der Waals surface area contributed by atoms with Gasteiger partial charge in [-0.25, -0.2) is 4.79 Å². The Morgan fingerprint density at radius 2 is 1.74 bits per heavy atom. The van der Waals surface area contributed by atoms with Crippen molar-refractivity contribution in [3.8, 4) is 5.75 Å². The summed E-state index contributed by atoms with van der Waals surface area (Å²) in [6.07, 6.45) is -19.9. The molecule has 1 aromatic rings. The van der Waals surface area contributed by atoms with Crippen LogP contribution in [0.5, 0.6) is 5.75 Å². The molecule has 4 unspecified atom stereocenters. The Morgan fingerprint density at radius 3 is 2.26 bits per heavy atom. The van der Waals surface area contributed by atoms with Crippen LogP contribution in [0.25, 0.3) is 0 Å². The molecule has 214 valence electrons. The molecule has 0 spiro atoms. The number of ether oxygens (including phenoxy) is 4. The van der Waals surface area contributed by atoms with Crippen LogP contribution in [-0.2, 0) is 19.0 Å². The topological polar surface area (TPSA) is 279 Å². The minimum Gasteiger partial charge on any atom is -0.477 e. The Bertz CT molecular complexity index is 963. The maximum atomic E-state index is 12.3. The summed E-state index contributed by atoms with van der Waals surface area (Å²) in [5, 5.41) is 102. The molecule has 0 radical (unpaired) electrons. The minimum absolute atomic E-state index is 0.0481. The molecular weight excluding hydrogens is 522 g/mol. The number of aliphatic hydroxyl groups excluding tert-OH is 8. The van der Waals surface area contributed by atoms with Crippen LogP contribution in [0.15, 0.2) is 24.3 Å². The number of carbonyl (C=O) groups is 1. The maximum absolute atomic E-state index is 12.3. The third-order valence-electron chi connectivity index (χ3n) is 6.23. The Hall–Kier alpha value is -2.55. The number of benzene rings is 1. The normalized spacial score (nSPS) is 37.3. The number of aliphatic hydroxyl groups is 8. The third kappa shape index (κ3) is 6.03. The number of non-ortho nitro benzene ring substituents is 1. The molecular formula is C21H29NO16. The first-order valence-corrected chi connectivity index (χ1v) is 11.3. The van der Waals surface area contributed by atoms with Gasteiger partial charge in [0.2, 0.25) is 6.29 Å². The highest BCUT2D eigenvalue weighted by Gasteiger charge is 2.59. The lowest BCUT2D eigenvalue weighted by molar-refractivity contribution is -0.384. The first-order valence-electron chi connectivity index (χ1n) is 11.3. The zero-order chi connectivity index (χ0) is 28.4. The lowest BCUT2D eigenvalue weighted by Crippen LogP contribution is -2.68. The molecule has 2 aliphatic rings. The van der Waals surface area contributed by atoms with E-state index >= 15 is 0 Å². The summed E-state index contributed by atoms with van der Waals surface area (Å²) in [4.78, 5) is 22.4. The highest BCUT2D eigenvalue weighted by Crippen LogP contribution is 2.37. The predicted octanol–water partition coefficient (Wildman–Crippen LogP) is -4.20. The number of carboxylic acid groups (broad SMARTS) is 1. The molecule has 0 bridgehead atoms. The van der Waals surface area contributed by atoms with Crippen LogP contribution in [0.2, 0.25) is 0 Å². The SMILES string of the molecule is O=C(O)[C@@]1(OC2C(O)[C@H](Oc3ccc([N+](=O)[O-])cc3)OC(CO)[C@@H]2O)C[C@@H](O)[C@@H](O)C([C@H](O)[C@H](O)CO)O1. The van der Waals surface area contributed by atoms with E-state index in [0.29, 0.717) is 0 Å². The molecule has 17 nitrogen and oxygen atoms in total. The van der Waals surface area contributed by atoms with Gasteiger partial charge in [0.05, 0.1) is 24.2 Å². The number of nitrogens with zero attached hydrogens (tertiary/aromatic N) is 1. The molecule has 0 saturated carbocycles. The second kappa shape index (κ2) is 12.1. The van der Waals surface area contributed by atoms with Gasteiger partial charge in [-0.05, 0) is 12.1 Å². The van der Waals surface area contributed by atoms with Crippen LogP contribution >= 0.6 is 0 Å². The van der Waals surface area contributed by atoms with Crippen LogP contribution in [0.3, 0.4) is 0 Å². The fraction of sp³-hybridized carbons (Fsp3) is 0.667. The molecule has 38 heavy (non-hydrogen) atoms. The van der Waals surface area contributed by atoms with E-state index in [1.54, 1.807) is 0 Å². The highest BCUT2D eigenvalue weighted by atomic mass is 16.8. The summed E-state index contributed by atoms with van der Waals surface area (Å²) in [5.74, 6) is -4.90. The number of nitro benzene ring substituents is 1. The lowest BCUT2D eigenvalue weighted by Gasteiger charge is -2.48. The number of hydrogen-bond donors (Lipinski definition) is 9. The standard InChI is InChI=1S/C21H29NO16/c23-6-11(26)14(28)17-13(27)10(25)5-21(37-17,20(31)32)38-18-15(29)12(7-24)36-19(16(18)30)35-9-3-1-8(2-4-9)22(33)34/h1-4,10-19,23-30H,5-7H2,(H,31,32)/t10-,11-,12?,13-,14-,15+,16?,17?,18?,19-,21+/m1/s1. The van der Waals surface area contributed by atoms with Crippen molar-refractivity contribution in [1.82, 2.24) is 0 Å². The average Bonchev–Trinajstić information content (AvgIpc) is 2.89. The Labute approximate surface area is 213 Å². The molecule has 2 heterocycles. The summed E-state index contributed by atoms with van der Waals surface area (Å²) < 4.78 is 21.5. The molecule has 1 aromatic carbocycles. The van der Waals surface area contributed by atoms with Gasteiger partial charge in [-0.15, -0.1) is 0 Å². The summed E-state index contributed by atoms with van der Waals surface area (Å²) in [6, 6.07) is 4.51. The van der Waals surface area contributed by atoms with Crippen molar-refractivity contribution in [2.24, 2.45) is 0 Å². The quantitative estimate of drug-likeness (QED) is 0.0984. The number of rotatable bonds is 10. The van der Waals surface area contributed by atoms with Crippen LogP contribution in [0.4, 0.5) is 5.69 Å². The molecule has 0 amide bonds. The first-order chi connectivity index (χ1) is 17.8. The van der Waals surface area contributed by atoms with Crippen molar-refractivity contribution in [1.29, 1.82) is 0 Å². The van der Waals surface area contributed by atoms with Gasteiger partial charge in [0.15, 0.2) is 0 Å². The predicted molar refractivity (Wildman–Crippen MR) is 117 cm³/mol. The lowest BCUT2D eigenvalue weighted by atomic mass is 9.90. The van der Waals surface area contributed by atoms with Crippen LogP contribution in [-0.4, -0.2) is 137 Å². The largest absolute Gasteiger partial charge is 0.477 e. The van der Waals surface area contributed by atoms with Crippen molar-refractivity contribution in [3.05, 3.63) is 34.4 Å². The van der Waals surface area contributed by atoms with Crippen LogP contribution < -0.4 is 4.74 Å². The van der Waals surface area contributed by atoms with Crippen molar-refractivity contribution in [3.63, 3.8) is 0 Å². The second-order valence-corrected chi connectivity index (χ2v) is 8.80. The van der Waals surface area contributed by atoms with E-state index in [0.717, 1.165) is 12.1 Å². The van der Waals surface area contributed by atoms with Gasteiger partial charge in [-0.2, -0.15) is 0 Å². The van der Waals surface area contributed by atoms with Crippen molar-refractivity contribution in [2.45, 2.75) is 73.4 Å². The van der Waals surface area contributed by atoms with Gasteiger partial charge in [0, 0.05) is 18.6 Å². The van der Waals surface area contributed by atoms with Gasteiger partial charge in [-0.1, -0.05) is 0 Å². The van der Waals surface area contributed by atoms with E-state index in [2.05, 4.69) is 0 Å². The summed E-state index contributed by atoms with van der Waals surface area (Å²) in [7, 11) is 0. The highest BCUT2D eigenvalue weighted by molar-refractivity contribution is 5.76. The number of carboxylic acids is 1. The summed E-state index contributed by atoms with van der Waals surface area (Å²) in [5.41, 5.74) is -0.269. The number of hydrogen-bond acceptors (Lipinski definition) is 15. The summed E-state index contributed by atoms with van der Waals surface area (Å²) in [6.45, 7) is -1.87. The van der Waals surface area contributed by atoms with Gasteiger partial charge in [0.1, 0.15) is 54.6 Å². The zero-order valence-electron chi connectivity index (χ0n) is 19.5. The van der Waals surface area contributed by atoms with E-state index in [4.69, 9.17) is 24.1 Å². The number of aliphatic carboxylic acids is 1. The van der Waals surface area contributed by atoms with Crippen molar-refractivity contribution in [2.75, 3.05) is 13.2 Å². The molecule has 2 saturated heterocycles. The minimum atomic E-state index is -2.93. The average molecular weight is 551 g/mol.